The van der Waals surface area contributed by atoms with Gasteiger partial charge in [0, 0.05) is 0 Å². The first-order chi connectivity index (χ1) is 11.2. The molecule has 0 aromatic heterocycles. The number of benzene rings is 2. The molecule has 1 amide bonds. The van der Waals surface area contributed by atoms with Gasteiger partial charge in [-0.05, 0) is 18.1 Å². The van der Waals surface area contributed by atoms with Crippen LogP contribution in [0, 0.1) is 0 Å². The van der Waals surface area contributed by atoms with Crippen LogP contribution < -0.4 is 0 Å². The Morgan fingerprint density at radius 2 is 1.74 bits per heavy atom. The van der Waals surface area contributed by atoms with Gasteiger partial charge in [0.1, 0.15) is 0 Å². The summed E-state index contributed by atoms with van der Waals surface area (Å²) in [4.78, 5) is 14.0. The SMILES string of the molecule is C[C@H]1S/C(=N/N=C\c2ccccc2)N(Cc2ccccc2)C1=O. The normalized spacial score (nSPS) is 19.9. The van der Waals surface area contributed by atoms with Crippen molar-refractivity contribution in [3.8, 4) is 0 Å². The van der Waals surface area contributed by atoms with Crippen LogP contribution >= 0.6 is 11.8 Å². The third kappa shape index (κ3) is 3.87. The van der Waals surface area contributed by atoms with Gasteiger partial charge >= 0.3 is 0 Å². The first-order valence-corrected chi connectivity index (χ1v) is 8.30. The van der Waals surface area contributed by atoms with Gasteiger partial charge in [-0.1, -0.05) is 72.4 Å². The van der Waals surface area contributed by atoms with Crippen LogP contribution in [0.5, 0.6) is 0 Å². The van der Waals surface area contributed by atoms with Crippen molar-refractivity contribution in [2.24, 2.45) is 10.2 Å². The highest BCUT2D eigenvalue weighted by Crippen LogP contribution is 2.28. The maximum absolute atomic E-state index is 12.3. The van der Waals surface area contributed by atoms with Crippen molar-refractivity contribution in [3.05, 3.63) is 71.8 Å². The molecule has 2 aromatic carbocycles. The Morgan fingerprint density at radius 1 is 1.09 bits per heavy atom. The summed E-state index contributed by atoms with van der Waals surface area (Å²) in [5, 5.41) is 8.91. The molecule has 116 valence electrons. The van der Waals surface area contributed by atoms with Crippen molar-refractivity contribution in [2.45, 2.75) is 18.7 Å². The number of hydrogen-bond donors (Lipinski definition) is 0. The second-order valence-electron chi connectivity index (χ2n) is 5.21. The zero-order valence-corrected chi connectivity index (χ0v) is 13.6. The van der Waals surface area contributed by atoms with E-state index < -0.39 is 0 Å². The molecule has 1 aliphatic rings. The molecular weight excluding hydrogens is 306 g/mol. The molecule has 1 fully saturated rings. The number of hydrogen-bond acceptors (Lipinski definition) is 4. The Hall–Kier alpha value is -2.40. The maximum atomic E-state index is 12.3. The third-order valence-corrected chi connectivity index (χ3v) is 4.53. The Bertz CT molecular complexity index is 728. The number of nitrogens with zero attached hydrogens (tertiary/aromatic N) is 3. The van der Waals surface area contributed by atoms with Gasteiger partial charge in [-0.2, -0.15) is 5.10 Å². The summed E-state index contributed by atoms with van der Waals surface area (Å²) in [6, 6.07) is 19.7. The van der Waals surface area contributed by atoms with Crippen LogP contribution in [-0.4, -0.2) is 27.4 Å². The molecule has 0 radical (unpaired) electrons. The molecule has 3 rings (SSSR count). The molecule has 0 spiro atoms. The van der Waals surface area contributed by atoms with Crippen molar-refractivity contribution in [1.29, 1.82) is 0 Å². The van der Waals surface area contributed by atoms with Crippen LogP contribution in [0.15, 0.2) is 70.9 Å². The lowest BCUT2D eigenvalue weighted by Gasteiger charge is -2.15. The first kappa shape index (κ1) is 15.5. The van der Waals surface area contributed by atoms with E-state index in [1.807, 2.05) is 67.6 Å². The van der Waals surface area contributed by atoms with Crippen molar-refractivity contribution in [1.82, 2.24) is 4.90 Å². The van der Waals surface area contributed by atoms with Crippen molar-refractivity contribution in [3.63, 3.8) is 0 Å². The topological polar surface area (TPSA) is 45.0 Å². The maximum Gasteiger partial charge on any atom is 0.242 e. The Balaban J connectivity index is 1.77. The summed E-state index contributed by atoms with van der Waals surface area (Å²) < 4.78 is 0. The molecule has 4 nitrogen and oxygen atoms in total. The molecule has 1 aliphatic heterocycles. The van der Waals surface area contributed by atoms with Gasteiger partial charge in [0.25, 0.3) is 0 Å². The van der Waals surface area contributed by atoms with Gasteiger partial charge in [-0.25, -0.2) is 0 Å². The van der Waals surface area contributed by atoms with Crippen molar-refractivity contribution >= 4 is 29.1 Å². The van der Waals surface area contributed by atoms with E-state index in [9.17, 15) is 4.79 Å². The van der Waals surface area contributed by atoms with E-state index in [0.717, 1.165) is 11.1 Å². The second kappa shape index (κ2) is 7.24. The van der Waals surface area contributed by atoms with E-state index in [-0.39, 0.29) is 11.2 Å². The average Bonchev–Trinajstić information content (AvgIpc) is 2.85. The smallest absolute Gasteiger partial charge is 0.242 e. The number of rotatable bonds is 4. The average molecular weight is 323 g/mol. The Labute approximate surface area is 139 Å². The lowest BCUT2D eigenvalue weighted by molar-refractivity contribution is -0.126. The van der Waals surface area contributed by atoms with Gasteiger partial charge < -0.3 is 0 Å². The van der Waals surface area contributed by atoms with Gasteiger partial charge in [-0.3, -0.25) is 9.69 Å². The largest absolute Gasteiger partial charge is 0.284 e. The molecular formula is C18H17N3OS. The molecule has 0 saturated carbocycles. The fraction of sp³-hybridized carbons (Fsp3) is 0.167. The highest BCUT2D eigenvalue weighted by Gasteiger charge is 2.35. The van der Waals surface area contributed by atoms with Gasteiger partial charge in [0.15, 0.2) is 5.17 Å². The van der Waals surface area contributed by atoms with Gasteiger partial charge in [0.05, 0.1) is 18.0 Å². The minimum absolute atomic E-state index is 0.0764. The fourth-order valence-corrected chi connectivity index (χ4v) is 3.18. The first-order valence-electron chi connectivity index (χ1n) is 7.42. The predicted molar refractivity (Wildman–Crippen MR) is 95.5 cm³/mol. The number of amidine groups is 1. The fourth-order valence-electron chi connectivity index (χ4n) is 2.26. The van der Waals surface area contributed by atoms with Crippen LogP contribution in [0.4, 0.5) is 0 Å². The Kier molecular flexibility index (Phi) is 4.88. The van der Waals surface area contributed by atoms with Crippen LogP contribution in [0.25, 0.3) is 0 Å². The third-order valence-electron chi connectivity index (χ3n) is 3.46. The number of carbonyl (C=O) groups is 1. The minimum atomic E-state index is -0.121. The second-order valence-corrected chi connectivity index (χ2v) is 6.52. The van der Waals surface area contributed by atoms with Crippen LogP contribution in [0.1, 0.15) is 18.1 Å². The summed E-state index contributed by atoms with van der Waals surface area (Å²) in [6.07, 6.45) is 1.70. The summed E-state index contributed by atoms with van der Waals surface area (Å²) in [7, 11) is 0. The molecule has 1 atom stereocenters. The molecule has 1 saturated heterocycles. The molecule has 23 heavy (non-hydrogen) atoms. The van der Waals surface area contributed by atoms with Crippen molar-refractivity contribution < 1.29 is 4.79 Å². The molecule has 0 bridgehead atoms. The van der Waals surface area contributed by atoms with Crippen LogP contribution in [-0.2, 0) is 11.3 Å². The van der Waals surface area contributed by atoms with Crippen molar-refractivity contribution in [2.75, 3.05) is 0 Å². The molecule has 0 aliphatic carbocycles. The number of carbonyl (C=O) groups excluding carboxylic acids is 1. The molecule has 1 heterocycles. The van der Waals surface area contributed by atoms with E-state index in [1.165, 1.54) is 11.8 Å². The zero-order valence-electron chi connectivity index (χ0n) is 12.8. The van der Waals surface area contributed by atoms with E-state index in [0.29, 0.717) is 11.7 Å². The summed E-state index contributed by atoms with van der Waals surface area (Å²) in [5.41, 5.74) is 2.06. The summed E-state index contributed by atoms with van der Waals surface area (Å²) in [5.74, 6) is 0.0764. The van der Waals surface area contributed by atoms with Gasteiger partial charge in [-0.15, -0.1) is 5.10 Å². The molecule has 5 heteroatoms. The molecule has 0 unspecified atom stereocenters. The predicted octanol–water partition coefficient (Wildman–Crippen LogP) is 3.54. The van der Waals surface area contributed by atoms with Gasteiger partial charge in [0.2, 0.25) is 5.91 Å². The zero-order chi connectivity index (χ0) is 16.1. The quantitative estimate of drug-likeness (QED) is 0.638. The summed E-state index contributed by atoms with van der Waals surface area (Å²) in [6.45, 7) is 2.42. The summed E-state index contributed by atoms with van der Waals surface area (Å²) >= 11 is 1.45. The Morgan fingerprint density at radius 3 is 2.43 bits per heavy atom. The standard InChI is InChI=1S/C18H17N3OS/c1-14-17(22)21(13-16-10-6-3-7-11-16)18(23-14)20-19-12-15-8-4-2-5-9-15/h2-12,14H,13H2,1H3/b19-12-,20-18+/t14-/m1/s1. The van der Waals surface area contributed by atoms with E-state index >= 15 is 0 Å². The van der Waals surface area contributed by atoms with E-state index in [2.05, 4.69) is 10.2 Å². The lowest BCUT2D eigenvalue weighted by Crippen LogP contribution is -2.30. The minimum Gasteiger partial charge on any atom is -0.284 e. The van der Waals surface area contributed by atoms with E-state index in [1.54, 1.807) is 11.1 Å². The molecule has 2 aromatic rings. The highest BCUT2D eigenvalue weighted by atomic mass is 32.2. The lowest BCUT2D eigenvalue weighted by atomic mass is 10.2. The number of amides is 1. The molecule has 0 N–H and O–H groups in total. The highest BCUT2D eigenvalue weighted by molar-refractivity contribution is 8.15. The van der Waals surface area contributed by atoms with E-state index in [4.69, 9.17) is 0 Å². The number of thioether (sulfide) groups is 1. The van der Waals surface area contributed by atoms with Crippen LogP contribution in [0.3, 0.4) is 0 Å². The van der Waals surface area contributed by atoms with Crippen LogP contribution in [0.2, 0.25) is 0 Å². The monoisotopic (exact) mass is 323 g/mol.